The normalized spacial score (nSPS) is 10.5. The summed E-state index contributed by atoms with van der Waals surface area (Å²) in [6.45, 7) is 3.84. The number of thioether (sulfide) groups is 1. The Labute approximate surface area is 207 Å². The van der Waals surface area contributed by atoms with Gasteiger partial charge in [-0.15, -0.1) is 11.8 Å². The molecule has 0 atom stereocenters. The fourth-order valence-corrected chi connectivity index (χ4v) is 4.71. The fourth-order valence-electron chi connectivity index (χ4n) is 3.78. The first-order valence-corrected chi connectivity index (χ1v) is 11.9. The first kappa shape index (κ1) is 23.7. The quantitative estimate of drug-likeness (QED) is 0.357. The second-order valence-electron chi connectivity index (χ2n) is 7.99. The molecule has 0 aliphatic heterocycles. The molecule has 0 spiro atoms. The van der Waals surface area contributed by atoms with Gasteiger partial charge in [0.1, 0.15) is 28.5 Å². The summed E-state index contributed by atoms with van der Waals surface area (Å²) in [5.41, 5.74) is 11.1. The van der Waals surface area contributed by atoms with Crippen molar-refractivity contribution in [1.82, 2.24) is 9.97 Å². The SMILES string of the molecule is Cc1ccc(-c2c(C#N)c(N)nc(SCCC(=O)Nc3cc(C)nc4ccccc34)c2C#N)cc1. The molecule has 0 radical (unpaired) electrons. The second kappa shape index (κ2) is 10.3. The number of rotatable bonds is 6. The molecule has 4 aromatic rings. The van der Waals surface area contributed by atoms with Gasteiger partial charge in [-0.25, -0.2) is 4.98 Å². The van der Waals surface area contributed by atoms with Gasteiger partial charge < -0.3 is 11.1 Å². The number of benzene rings is 2. The standard InChI is InChI=1S/C27H22N6OS/c1-16-7-9-18(10-8-16)25-20(14-28)26(30)33-27(21(25)15-29)35-12-11-24(34)32-23-13-17(2)31-22-6-4-3-5-19(22)23/h3-10,13H,11-12H2,1-2H3,(H2,30,33)(H,31,32,34). The van der Waals surface area contributed by atoms with E-state index in [1.54, 1.807) is 0 Å². The minimum atomic E-state index is -0.160. The molecule has 0 saturated heterocycles. The number of hydrogen-bond donors (Lipinski definition) is 2. The van der Waals surface area contributed by atoms with Crippen molar-refractivity contribution in [3.8, 4) is 23.3 Å². The Morgan fingerprint density at radius 3 is 2.46 bits per heavy atom. The molecular weight excluding hydrogens is 456 g/mol. The average molecular weight is 479 g/mol. The molecule has 0 bridgehead atoms. The van der Waals surface area contributed by atoms with Crippen LogP contribution in [-0.4, -0.2) is 21.6 Å². The number of nitrogens with zero attached hydrogens (tertiary/aromatic N) is 4. The Kier molecular flexibility index (Phi) is 6.96. The number of fused-ring (bicyclic) bond motifs is 1. The van der Waals surface area contributed by atoms with Gasteiger partial charge >= 0.3 is 0 Å². The lowest BCUT2D eigenvalue weighted by atomic mass is 9.96. The van der Waals surface area contributed by atoms with Crippen molar-refractivity contribution >= 4 is 40.1 Å². The van der Waals surface area contributed by atoms with E-state index in [-0.39, 0.29) is 29.3 Å². The summed E-state index contributed by atoms with van der Waals surface area (Å²) in [7, 11) is 0. The summed E-state index contributed by atoms with van der Waals surface area (Å²) in [5.74, 6) is 0.286. The van der Waals surface area contributed by atoms with E-state index >= 15 is 0 Å². The zero-order valence-corrected chi connectivity index (χ0v) is 20.1. The van der Waals surface area contributed by atoms with Crippen LogP contribution in [0.25, 0.3) is 22.0 Å². The van der Waals surface area contributed by atoms with E-state index in [1.807, 2.05) is 68.4 Å². The second-order valence-corrected chi connectivity index (χ2v) is 9.08. The van der Waals surface area contributed by atoms with Gasteiger partial charge in [-0.3, -0.25) is 9.78 Å². The van der Waals surface area contributed by atoms with Gasteiger partial charge in [0, 0.05) is 28.8 Å². The highest BCUT2D eigenvalue weighted by Gasteiger charge is 2.20. The number of nitrogens with one attached hydrogen (secondary N) is 1. The van der Waals surface area contributed by atoms with Gasteiger partial charge in [-0.1, -0.05) is 48.0 Å². The first-order valence-electron chi connectivity index (χ1n) is 10.9. The van der Waals surface area contributed by atoms with Crippen LogP contribution in [0.4, 0.5) is 11.5 Å². The van der Waals surface area contributed by atoms with Crippen LogP contribution in [0.2, 0.25) is 0 Å². The van der Waals surface area contributed by atoms with Crippen molar-refractivity contribution < 1.29 is 4.79 Å². The topological polar surface area (TPSA) is 128 Å². The van der Waals surface area contributed by atoms with Crippen LogP contribution in [0, 0.1) is 36.5 Å². The highest BCUT2D eigenvalue weighted by molar-refractivity contribution is 7.99. The maximum Gasteiger partial charge on any atom is 0.225 e. The van der Waals surface area contributed by atoms with Crippen LogP contribution < -0.4 is 11.1 Å². The summed E-state index contributed by atoms with van der Waals surface area (Å²) >= 11 is 1.27. The van der Waals surface area contributed by atoms with E-state index in [0.717, 1.165) is 27.7 Å². The number of nitriles is 2. The third kappa shape index (κ3) is 5.08. The Bertz CT molecular complexity index is 1520. The van der Waals surface area contributed by atoms with Crippen LogP contribution in [-0.2, 0) is 4.79 Å². The van der Waals surface area contributed by atoms with E-state index in [0.29, 0.717) is 22.0 Å². The molecule has 0 aliphatic carbocycles. The van der Waals surface area contributed by atoms with Gasteiger partial charge in [0.05, 0.1) is 16.8 Å². The van der Waals surface area contributed by atoms with Crippen molar-refractivity contribution in [3.63, 3.8) is 0 Å². The number of carbonyl (C=O) groups excluding carboxylic acids is 1. The number of aromatic nitrogens is 2. The maximum absolute atomic E-state index is 12.7. The van der Waals surface area contributed by atoms with Crippen LogP contribution >= 0.6 is 11.8 Å². The summed E-state index contributed by atoms with van der Waals surface area (Å²) in [6, 6.07) is 21.3. The molecule has 0 aliphatic rings. The summed E-state index contributed by atoms with van der Waals surface area (Å²) in [5, 5.41) is 23.8. The molecule has 0 saturated carbocycles. The minimum Gasteiger partial charge on any atom is -0.383 e. The minimum absolute atomic E-state index is 0.0627. The third-order valence-electron chi connectivity index (χ3n) is 5.44. The lowest BCUT2D eigenvalue weighted by Crippen LogP contribution is -2.13. The zero-order valence-electron chi connectivity index (χ0n) is 19.3. The first-order chi connectivity index (χ1) is 16.9. The van der Waals surface area contributed by atoms with Crippen molar-refractivity contribution in [2.24, 2.45) is 0 Å². The monoisotopic (exact) mass is 478 g/mol. The molecule has 7 nitrogen and oxygen atoms in total. The van der Waals surface area contributed by atoms with Crippen LogP contribution in [0.15, 0.2) is 59.6 Å². The predicted octanol–water partition coefficient (Wildman–Crippen LogP) is 5.36. The van der Waals surface area contributed by atoms with Crippen molar-refractivity contribution in [2.45, 2.75) is 25.3 Å². The number of anilines is 2. The molecule has 2 aromatic heterocycles. The number of pyridine rings is 2. The molecule has 3 N–H and O–H groups in total. The summed E-state index contributed by atoms with van der Waals surface area (Å²) in [6.07, 6.45) is 0.201. The number of nitrogens with two attached hydrogens (primary N) is 1. The molecule has 2 heterocycles. The summed E-state index contributed by atoms with van der Waals surface area (Å²) < 4.78 is 0. The van der Waals surface area contributed by atoms with E-state index in [2.05, 4.69) is 27.4 Å². The largest absolute Gasteiger partial charge is 0.383 e. The van der Waals surface area contributed by atoms with Gasteiger partial charge in [-0.05, 0) is 31.5 Å². The Hall–Kier alpha value is -4.40. The van der Waals surface area contributed by atoms with Gasteiger partial charge in [-0.2, -0.15) is 10.5 Å². The van der Waals surface area contributed by atoms with Gasteiger partial charge in [0.15, 0.2) is 0 Å². The number of nitrogen functional groups attached to an aromatic ring is 1. The molecule has 0 unspecified atom stereocenters. The molecule has 35 heavy (non-hydrogen) atoms. The molecule has 4 rings (SSSR count). The molecule has 8 heteroatoms. The van der Waals surface area contributed by atoms with E-state index < -0.39 is 0 Å². The van der Waals surface area contributed by atoms with Crippen molar-refractivity contribution in [2.75, 3.05) is 16.8 Å². The van der Waals surface area contributed by atoms with Crippen molar-refractivity contribution in [1.29, 1.82) is 10.5 Å². The van der Waals surface area contributed by atoms with E-state index in [1.165, 1.54) is 11.8 Å². The maximum atomic E-state index is 12.7. The molecule has 0 fully saturated rings. The highest BCUT2D eigenvalue weighted by Crippen LogP contribution is 2.36. The number of amides is 1. The van der Waals surface area contributed by atoms with Crippen molar-refractivity contribution in [3.05, 3.63) is 77.0 Å². The Morgan fingerprint density at radius 2 is 1.74 bits per heavy atom. The fraction of sp³-hybridized carbons (Fsp3) is 0.148. The lowest BCUT2D eigenvalue weighted by Gasteiger charge is -2.13. The molecule has 2 aromatic carbocycles. The average Bonchev–Trinajstić information content (AvgIpc) is 2.84. The Balaban J connectivity index is 1.55. The number of aryl methyl sites for hydroxylation is 2. The van der Waals surface area contributed by atoms with E-state index in [9.17, 15) is 15.3 Å². The number of para-hydroxylation sites is 1. The highest BCUT2D eigenvalue weighted by atomic mass is 32.2. The van der Waals surface area contributed by atoms with Gasteiger partial charge in [0.25, 0.3) is 0 Å². The van der Waals surface area contributed by atoms with Crippen LogP contribution in [0.1, 0.15) is 28.8 Å². The molecular formula is C27H22N6OS. The number of carbonyl (C=O) groups is 1. The lowest BCUT2D eigenvalue weighted by molar-refractivity contribution is -0.115. The zero-order chi connectivity index (χ0) is 24.9. The molecule has 172 valence electrons. The number of hydrogen-bond acceptors (Lipinski definition) is 7. The van der Waals surface area contributed by atoms with Gasteiger partial charge in [0.2, 0.25) is 5.91 Å². The third-order valence-corrected chi connectivity index (χ3v) is 6.42. The van der Waals surface area contributed by atoms with Crippen LogP contribution in [0.5, 0.6) is 0 Å². The predicted molar refractivity (Wildman–Crippen MR) is 139 cm³/mol. The smallest absolute Gasteiger partial charge is 0.225 e. The molecule has 1 amide bonds. The van der Waals surface area contributed by atoms with Crippen LogP contribution in [0.3, 0.4) is 0 Å². The summed E-state index contributed by atoms with van der Waals surface area (Å²) in [4.78, 5) is 21.5. The van der Waals surface area contributed by atoms with E-state index in [4.69, 9.17) is 5.73 Å². The Morgan fingerprint density at radius 1 is 1.03 bits per heavy atom.